The van der Waals surface area contributed by atoms with Gasteiger partial charge in [-0.05, 0) is 18.4 Å². The van der Waals surface area contributed by atoms with Crippen molar-refractivity contribution in [3.05, 3.63) is 29.8 Å². The molecule has 0 saturated carbocycles. The zero-order valence-electron chi connectivity index (χ0n) is 11.9. The maximum Gasteiger partial charge on any atom is 0.573 e. The lowest BCUT2D eigenvalue weighted by atomic mass is 10.0. The summed E-state index contributed by atoms with van der Waals surface area (Å²) >= 11 is 0. The molecular weight excluding hydrogens is 285 g/mol. The Labute approximate surface area is 121 Å². The minimum absolute atomic E-state index is 0.0725. The summed E-state index contributed by atoms with van der Waals surface area (Å²) in [5, 5.41) is 2.52. The third-order valence-electron chi connectivity index (χ3n) is 2.71. The highest BCUT2D eigenvalue weighted by Crippen LogP contribution is 2.26. The molecule has 0 fully saturated rings. The summed E-state index contributed by atoms with van der Waals surface area (Å²) < 4.78 is 40.7. The van der Waals surface area contributed by atoms with E-state index in [1.807, 2.05) is 13.8 Å². The summed E-state index contributed by atoms with van der Waals surface area (Å²) in [5.41, 5.74) is 5.93. The zero-order valence-corrected chi connectivity index (χ0v) is 11.9. The summed E-state index contributed by atoms with van der Waals surface area (Å²) in [5.74, 6) is -0.472. The van der Waals surface area contributed by atoms with Crippen LogP contribution in [0.4, 0.5) is 13.2 Å². The van der Waals surface area contributed by atoms with Gasteiger partial charge in [0.1, 0.15) is 5.75 Å². The van der Waals surface area contributed by atoms with Crippen LogP contribution in [0.3, 0.4) is 0 Å². The van der Waals surface area contributed by atoms with E-state index < -0.39 is 18.3 Å². The van der Waals surface area contributed by atoms with Crippen LogP contribution < -0.4 is 15.8 Å². The molecule has 0 spiro atoms. The molecule has 1 aromatic carbocycles. The molecule has 4 nitrogen and oxygen atoms in total. The van der Waals surface area contributed by atoms with Crippen molar-refractivity contribution < 1.29 is 22.7 Å². The van der Waals surface area contributed by atoms with Crippen molar-refractivity contribution in [2.24, 2.45) is 11.7 Å². The Balaban J connectivity index is 2.65. The summed E-state index contributed by atoms with van der Waals surface area (Å²) in [6.07, 6.45) is -4.26. The van der Waals surface area contributed by atoms with Crippen molar-refractivity contribution in [3.63, 3.8) is 0 Å². The highest BCUT2D eigenvalue weighted by Gasteiger charge is 2.32. The number of benzene rings is 1. The molecule has 0 radical (unpaired) electrons. The van der Waals surface area contributed by atoms with Crippen LogP contribution in [-0.4, -0.2) is 18.3 Å². The average Bonchev–Trinajstić information content (AvgIpc) is 2.34. The maximum absolute atomic E-state index is 12.3. The number of amides is 1. The number of ether oxygens (including phenoxy) is 1. The van der Waals surface area contributed by atoms with Crippen molar-refractivity contribution in [2.75, 3.05) is 0 Å². The fourth-order valence-corrected chi connectivity index (χ4v) is 1.80. The number of alkyl halides is 3. The van der Waals surface area contributed by atoms with E-state index in [-0.39, 0.29) is 23.8 Å². The second kappa shape index (κ2) is 7.31. The fourth-order valence-electron chi connectivity index (χ4n) is 1.80. The number of carbonyl (C=O) groups excluding carboxylic acids is 1. The van der Waals surface area contributed by atoms with Gasteiger partial charge in [-0.25, -0.2) is 0 Å². The minimum atomic E-state index is -4.77. The molecule has 0 bridgehead atoms. The number of carbonyl (C=O) groups is 1. The number of halogens is 3. The minimum Gasteiger partial charge on any atom is -0.405 e. The van der Waals surface area contributed by atoms with Crippen molar-refractivity contribution in [3.8, 4) is 5.75 Å². The lowest BCUT2D eigenvalue weighted by molar-refractivity contribution is -0.274. The van der Waals surface area contributed by atoms with Crippen LogP contribution in [0.1, 0.15) is 25.8 Å². The molecule has 0 heterocycles. The Morgan fingerprint density at radius 2 is 1.95 bits per heavy atom. The third kappa shape index (κ3) is 6.48. The van der Waals surface area contributed by atoms with Gasteiger partial charge in [-0.15, -0.1) is 13.2 Å². The Bertz CT molecular complexity index is 476. The van der Waals surface area contributed by atoms with E-state index >= 15 is 0 Å². The second-order valence-corrected chi connectivity index (χ2v) is 5.11. The zero-order chi connectivity index (χ0) is 16.0. The highest BCUT2D eigenvalue weighted by molar-refractivity contribution is 5.81. The predicted octanol–water partition coefficient (Wildman–Crippen LogP) is 2.57. The molecule has 1 atom stereocenters. The molecule has 3 N–H and O–H groups in total. The molecule has 0 aromatic heterocycles. The predicted molar refractivity (Wildman–Crippen MR) is 72.4 cm³/mol. The standard InChI is InChI=1S/C14H19F3N2O2/c1-9(2)7-11(18)13(20)19-8-10-5-3-4-6-12(10)21-14(15,16)17/h3-6,9,11H,7-8,18H2,1-2H3,(H,19,20). The van der Waals surface area contributed by atoms with Gasteiger partial charge in [0.25, 0.3) is 0 Å². The summed E-state index contributed by atoms with van der Waals surface area (Å²) in [7, 11) is 0. The van der Waals surface area contributed by atoms with E-state index in [1.165, 1.54) is 18.2 Å². The van der Waals surface area contributed by atoms with Crippen molar-refractivity contribution in [2.45, 2.75) is 39.2 Å². The Kier molecular flexibility index (Phi) is 6.02. The monoisotopic (exact) mass is 304 g/mol. The third-order valence-corrected chi connectivity index (χ3v) is 2.71. The molecule has 118 valence electrons. The molecule has 21 heavy (non-hydrogen) atoms. The van der Waals surface area contributed by atoms with Gasteiger partial charge in [0, 0.05) is 12.1 Å². The normalized spacial score (nSPS) is 13.1. The van der Waals surface area contributed by atoms with Crippen molar-refractivity contribution in [1.82, 2.24) is 5.32 Å². The first-order valence-corrected chi connectivity index (χ1v) is 6.56. The largest absolute Gasteiger partial charge is 0.573 e. The number of nitrogens with one attached hydrogen (secondary N) is 1. The Hall–Kier alpha value is -1.76. The maximum atomic E-state index is 12.3. The van der Waals surface area contributed by atoms with Gasteiger partial charge in [-0.1, -0.05) is 32.0 Å². The van der Waals surface area contributed by atoms with E-state index in [0.717, 1.165) is 0 Å². The molecule has 0 saturated heterocycles. The summed E-state index contributed by atoms with van der Waals surface area (Å²) in [6.45, 7) is 3.79. The molecule has 1 rings (SSSR count). The van der Waals surface area contributed by atoms with E-state index in [2.05, 4.69) is 10.1 Å². The molecule has 0 aliphatic rings. The number of hydrogen-bond donors (Lipinski definition) is 2. The van der Waals surface area contributed by atoms with Gasteiger partial charge in [0.2, 0.25) is 5.91 Å². The first-order valence-electron chi connectivity index (χ1n) is 6.56. The van der Waals surface area contributed by atoms with Crippen LogP contribution in [0.25, 0.3) is 0 Å². The molecule has 0 aliphatic heterocycles. The van der Waals surface area contributed by atoms with Crippen LogP contribution in [0, 0.1) is 5.92 Å². The quantitative estimate of drug-likeness (QED) is 0.849. The van der Waals surface area contributed by atoms with Crippen molar-refractivity contribution >= 4 is 5.91 Å². The van der Waals surface area contributed by atoms with Crippen LogP contribution in [0.15, 0.2) is 24.3 Å². The average molecular weight is 304 g/mol. The topological polar surface area (TPSA) is 64.4 Å². The molecule has 0 aliphatic carbocycles. The number of rotatable bonds is 6. The number of hydrogen-bond acceptors (Lipinski definition) is 3. The van der Waals surface area contributed by atoms with Crippen molar-refractivity contribution in [1.29, 1.82) is 0 Å². The van der Waals surface area contributed by atoms with E-state index in [1.54, 1.807) is 6.07 Å². The molecule has 1 aromatic rings. The first kappa shape index (κ1) is 17.3. The van der Waals surface area contributed by atoms with E-state index in [4.69, 9.17) is 5.73 Å². The lowest BCUT2D eigenvalue weighted by Crippen LogP contribution is -2.41. The second-order valence-electron chi connectivity index (χ2n) is 5.11. The van der Waals surface area contributed by atoms with Crippen LogP contribution in [0.2, 0.25) is 0 Å². The van der Waals surface area contributed by atoms with Gasteiger partial charge in [-0.2, -0.15) is 0 Å². The molecule has 1 unspecified atom stereocenters. The van der Waals surface area contributed by atoms with Gasteiger partial charge >= 0.3 is 6.36 Å². The Morgan fingerprint density at radius 3 is 2.52 bits per heavy atom. The van der Waals surface area contributed by atoms with Gasteiger partial charge in [-0.3, -0.25) is 4.79 Å². The first-order chi connectivity index (χ1) is 9.69. The van der Waals surface area contributed by atoms with Crippen LogP contribution >= 0.6 is 0 Å². The van der Waals surface area contributed by atoms with E-state index in [9.17, 15) is 18.0 Å². The lowest BCUT2D eigenvalue weighted by Gasteiger charge is -2.16. The van der Waals surface area contributed by atoms with Gasteiger partial charge in [0.05, 0.1) is 6.04 Å². The summed E-state index contributed by atoms with van der Waals surface area (Å²) in [4.78, 5) is 11.7. The highest BCUT2D eigenvalue weighted by atomic mass is 19.4. The molecule has 7 heteroatoms. The van der Waals surface area contributed by atoms with E-state index in [0.29, 0.717) is 6.42 Å². The molecular formula is C14H19F3N2O2. The number of para-hydroxylation sites is 1. The Morgan fingerprint density at radius 1 is 1.33 bits per heavy atom. The van der Waals surface area contributed by atoms with Gasteiger partial charge in [0.15, 0.2) is 0 Å². The SMILES string of the molecule is CC(C)CC(N)C(=O)NCc1ccccc1OC(F)(F)F. The van der Waals surface area contributed by atoms with Crippen LogP contribution in [0.5, 0.6) is 5.75 Å². The molecule has 1 amide bonds. The fraction of sp³-hybridized carbons (Fsp3) is 0.500. The van der Waals surface area contributed by atoms with Crippen LogP contribution in [-0.2, 0) is 11.3 Å². The number of nitrogens with two attached hydrogens (primary N) is 1. The smallest absolute Gasteiger partial charge is 0.405 e. The summed E-state index contributed by atoms with van der Waals surface area (Å²) in [6, 6.07) is 4.97. The van der Waals surface area contributed by atoms with Gasteiger partial charge < -0.3 is 15.8 Å².